The Morgan fingerprint density at radius 3 is 1.84 bits per heavy atom. The highest BCUT2D eigenvalue weighted by Crippen LogP contribution is 2.26. The molecule has 0 radical (unpaired) electrons. The third kappa shape index (κ3) is 7.04. The number of hydrogen-bond acceptors (Lipinski definition) is 6. The van der Waals surface area contributed by atoms with Crippen LogP contribution in [0.2, 0.25) is 10.0 Å². The van der Waals surface area contributed by atoms with Gasteiger partial charge < -0.3 is 9.47 Å². The number of hydrazone groups is 1. The molecule has 1 amide bonds. The first-order valence-electron chi connectivity index (χ1n) is 10.9. The van der Waals surface area contributed by atoms with Gasteiger partial charge in [-0.1, -0.05) is 41.4 Å². The van der Waals surface area contributed by atoms with E-state index >= 15 is 0 Å². The molecule has 0 atom stereocenters. The second-order valence-corrected chi connectivity index (χ2v) is 8.43. The van der Waals surface area contributed by atoms with Gasteiger partial charge in [0.1, 0.15) is 11.5 Å². The molecule has 0 aromatic heterocycles. The molecule has 0 heterocycles. The lowest BCUT2D eigenvalue weighted by atomic mass is 10.2. The summed E-state index contributed by atoms with van der Waals surface area (Å²) in [6.07, 6.45) is 1.32. The lowest BCUT2D eigenvalue weighted by molar-refractivity contribution is 0.0732. The van der Waals surface area contributed by atoms with Gasteiger partial charge in [0, 0.05) is 27.2 Å². The van der Waals surface area contributed by atoms with Crippen LogP contribution in [0, 0.1) is 0 Å². The maximum atomic E-state index is 12.7. The molecular weight excluding hydrogens is 515 g/mol. The van der Waals surface area contributed by atoms with Crippen LogP contribution in [0.4, 0.5) is 0 Å². The molecular formula is C28H18Cl2N2O5. The van der Waals surface area contributed by atoms with Crippen molar-refractivity contribution in [2.24, 2.45) is 5.10 Å². The van der Waals surface area contributed by atoms with E-state index in [0.717, 1.165) is 0 Å². The number of nitrogens with one attached hydrogen (secondary N) is 1. The summed E-state index contributed by atoms with van der Waals surface area (Å²) in [4.78, 5) is 37.5. The van der Waals surface area contributed by atoms with Gasteiger partial charge in [0.2, 0.25) is 0 Å². The molecule has 0 spiro atoms. The SMILES string of the molecule is O=C(N/N=C\c1ccc(OC(=O)c2ccc(Cl)cc2)cc1OC(=O)c1ccc(Cl)cc1)c1ccccc1. The summed E-state index contributed by atoms with van der Waals surface area (Å²) < 4.78 is 11.0. The second-order valence-electron chi connectivity index (χ2n) is 7.56. The average Bonchev–Trinajstić information content (AvgIpc) is 2.91. The minimum Gasteiger partial charge on any atom is -0.423 e. The minimum absolute atomic E-state index is 0.0547. The topological polar surface area (TPSA) is 94.1 Å². The van der Waals surface area contributed by atoms with Gasteiger partial charge in [-0.3, -0.25) is 4.79 Å². The van der Waals surface area contributed by atoms with E-state index in [-0.39, 0.29) is 17.1 Å². The van der Waals surface area contributed by atoms with Crippen LogP contribution in [0.5, 0.6) is 11.5 Å². The summed E-state index contributed by atoms with van der Waals surface area (Å²) in [5.74, 6) is -1.52. The van der Waals surface area contributed by atoms with Crippen molar-refractivity contribution in [2.45, 2.75) is 0 Å². The first-order chi connectivity index (χ1) is 17.9. The summed E-state index contributed by atoms with van der Waals surface area (Å²) in [6, 6.07) is 25.3. The van der Waals surface area contributed by atoms with E-state index in [1.807, 2.05) is 0 Å². The van der Waals surface area contributed by atoms with Gasteiger partial charge in [-0.15, -0.1) is 0 Å². The molecule has 184 valence electrons. The van der Waals surface area contributed by atoms with Crippen molar-refractivity contribution >= 4 is 47.3 Å². The zero-order valence-electron chi connectivity index (χ0n) is 19.1. The quantitative estimate of drug-likeness (QED) is 0.132. The van der Waals surface area contributed by atoms with Gasteiger partial charge in [0.25, 0.3) is 5.91 Å². The van der Waals surface area contributed by atoms with Crippen molar-refractivity contribution in [1.82, 2.24) is 5.43 Å². The van der Waals surface area contributed by atoms with Crippen LogP contribution in [0.25, 0.3) is 0 Å². The number of halogens is 2. The molecule has 7 nitrogen and oxygen atoms in total. The fraction of sp³-hybridized carbons (Fsp3) is 0. The summed E-state index contributed by atoms with van der Waals surface area (Å²) in [5, 5.41) is 4.91. The summed E-state index contributed by atoms with van der Waals surface area (Å²) in [7, 11) is 0. The predicted octanol–water partition coefficient (Wildman–Crippen LogP) is 6.20. The Bertz CT molecular complexity index is 1450. The molecule has 4 aromatic rings. The van der Waals surface area contributed by atoms with E-state index in [0.29, 0.717) is 26.7 Å². The number of nitrogens with zero attached hydrogens (tertiary/aromatic N) is 1. The lowest BCUT2D eigenvalue weighted by Crippen LogP contribution is -2.17. The van der Waals surface area contributed by atoms with Crippen LogP contribution in [0.3, 0.4) is 0 Å². The number of ether oxygens (including phenoxy) is 2. The van der Waals surface area contributed by atoms with Gasteiger partial charge in [-0.05, 0) is 72.8 Å². The van der Waals surface area contributed by atoms with Crippen LogP contribution >= 0.6 is 23.2 Å². The molecule has 0 saturated carbocycles. The molecule has 0 unspecified atom stereocenters. The number of carbonyl (C=O) groups is 3. The van der Waals surface area contributed by atoms with E-state index in [2.05, 4.69) is 10.5 Å². The monoisotopic (exact) mass is 532 g/mol. The second kappa shape index (κ2) is 12.0. The van der Waals surface area contributed by atoms with Gasteiger partial charge in [-0.2, -0.15) is 5.10 Å². The van der Waals surface area contributed by atoms with Crippen molar-refractivity contribution in [3.63, 3.8) is 0 Å². The lowest BCUT2D eigenvalue weighted by Gasteiger charge is -2.11. The Morgan fingerprint density at radius 1 is 0.676 bits per heavy atom. The van der Waals surface area contributed by atoms with Gasteiger partial charge >= 0.3 is 11.9 Å². The maximum absolute atomic E-state index is 12.7. The standard InChI is InChI=1S/C28H18Cl2N2O5/c29-22-11-6-19(7-12-22)27(34)36-24-15-10-21(17-31-32-26(33)18-4-2-1-3-5-18)25(16-24)37-28(35)20-8-13-23(30)14-9-20/h1-17H,(H,32,33)/b31-17-. The van der Waals surface area contributed by atoms with Crippen LogP contribution in [-0.2, 0) is 0 Å². The molecule has 0 fully saturated rings. The molecule has 0 aliphatic heterocycles. The van der Waals surface area contributed by atoms with E-state index in [4.69, 9.17) is 32.7 Å². The molecule has 4 aromatic carbocycles. The van der Waals surface area contributed by atoms with Crippen LogP contribution in [-0.4, -0.2) is 24.1 Å². The Labute approximate surface area is 222 Å². The summed E-state index contributed by atoms with van der Waals surface area (Å²) in [6.45, 7) is 0. The fourth-order valence-corrected chi connectivity index (χ4v) is 3.34. The molecule has 37 heavy (non-hydrogen) atoms. The number of hydrogen-bond donors (Lipinski definition) is 1. The Kier molecular flexibility index (Phi) is 8.30. The van der Waals surface area contributed by atoms with Gasteiger partial charge in [-0.25, -0.2) is 15.0 Å². The minimum atomic E-state index is -0.666. The zero-order valence-corrected chi connectivity index (χ0v) is 20.6. The average molecular weight is 533 g/mol. The molecule has 0 saturated heterocycles. The van der Waals surface area contributed by atoms with Crippen molar-refractivity contribution < 1.29 is 23.9 Å². The zero-order chi connectivity index (χ0) is 26.2. The number of esters is 2. The molecule has 0 aliphatic carbocycles. The maximum Gasteiger partial charge on any atom is 0.343 e. The van der Waals surface area contributed by atoms with Crippen molar-refractivity contribution in [3.05, 3.63) is 129 Å². The molecule has 0 bridgehead atoms. The summed E-state index contributed by atoms with van der Waals surface area (Å²) in [5.41, 5.74) is 3.74. The number of carbonyl (C=O) groups excluding carboxylic acids is 3. The van der Waals surface area contributed by atoms with E-state index in [9.17, 15) is 14.4 Å². The highest BCUT2D eigenvalue weighted by atomic mass is 35.5. The predicted molar refractivity (Wildman–Crippen MR) is 141 cm³/mol. The smallest absolute Gasteiger partial charge is 0.343 e. The van der Waals surface area contributed by atoms with Crippen molar-refractivity contribution in [1.29, 1.82) is 0 Å². The summed E-state index contributed by atoms with van der Waals surface area (Å²) >= 11 is 11.8. The first-order valence-corrected chi connectivity index (χ1v) is 11.6. The van der Waals surface area contributed by atoms with Crippen LogP contribution in [0.15, 0.2) is 102 Å². The third-order valence-electron chi connectivity index (χ3n) is 4.96. The van der Waals surface area contributed by atoms with Gasteiger partial charge in [0.05, 0.1) is 17.3 Å². The first kappa shape index (κ1) is 25.6. The fourth-order valence-electron chi connectivity index (χ4n) is 3.08. The highest BCUT2D eigenvalue weighted by Gasteiger charge is 2.15. The molecule has 0 aliphatic rings. The molecule has 9 heteroatoms. The van der Waals surface area contributed by atoms with Crippen molar-refractivity contribution in [2.75, 3.05) is 0 Å². The normalized spacial score (nSPS) is 10.6. The third-order valence-corrected chi connectivity index (χ3v) is 5.47. The Balaban J connectivity index is 1.56. The van der Waals surface area contributed by atoms with Crippen molar-refractivity contribution in [3.8, 4) is 11.5 Å². The number of amides is 1. The van der Waals surface area contributed by atoms with E-state index in [1.54, 1.807) is 54.6 Å². The molecule has 1 N–H and O–H groups in total. The van der Waals surface area contributed by atoms with Crippen LogP contribution in [0.1, 0.15) is 36.6 Å². The number of rotatable bonds is 7. The Morgan fingerprint density at radius 2 is 1.24 bits per heavy atom. The van der Waals surface area contributed by atoms with E-state index in [1.165, 1.54) is 48.7 Å². The van der Waals surface area contributed by atoms with Gasteiger partial charge in [0.15, 0.2) is 0 Å². The number of benzene rings is 4. The van der Waals surface area contributed by atoms with E-state index < -0.39 is 17.8 Å². The highest BCUT2D eigenvalue weighted by molar-refractivity contribution is 6.31. The molecule has 4 rings (SSSR count). The van der Waals surface area contributed by atoms with Crippen LogP contribution < -0.4 is 14.9 Å². The largest absolute Gasteiger partial charge is 0.423 e. The Hall–Kier alpha value is -4.46.